The highest BCUT2D eigenvalue weighted by Gasteiger charge is 2.28. The molecular formula is C14H15F3N4O2. The first-order valence-corrected chi connectivity index (χ1v) is 6.82. The summed E-state index contributed by atoms with van der Waals surface area (Å²) in [5.41, 5.74) is 0.783. The molecular weight excluding hydrogens is 313 g/mol. The molecule has 23 heavy (non-hydrogen) atoms. The van der Waals surface area contributed by atoms with Crippen LogP contribution < -0.4 is 10.6 Å². The fourth-order valence-corrected chi connectivity index (χ4v) is 1.81. The summed E-state index contributed by atoms with van der Waals surface area (Å²) in [4.78, 5) is 15.5. The van der Waals surface area contributed by atoms with Crippen molar-refractivity contribution in [3.63, 3.8) is 0 Å². The first-order chi connectivity index (χ1) is 10.8. The van der Waals surface area contributed by atoms with Crippen LogP contribution in [0.5, 0.6) is 0 Å². The van der Waals surface area contributed by atoms with Gasteiger partial charge >= 0.3 is 12.2 Å². The Kier molecular flexibility index (Phi) is 5.20. The van der Waals surface area contributed by atoms with E-state index in [1.165, 1.54) is 0 Å². The van der Waals surface area contributed by atoms with Gasteiger partial charge in [-0.1, -0.05) is 35.5 Å². The van der Waals surface area contributed by atoms with Crippen LogP contribution in [0.4, 0.5) is 18.0 Å². The quantitative estimate of drug-likeness (QED) is 0.884. The van der Waals surface area contributed by atoms with E-state index in [-0.39, 0.29) is 12.3 Å². The number of carbonyl (C=O) groups excluding carboxylic acids is 1. The van der Waals surface area contributed by atoms with Crippen LogP contribution in [0.3, 0.4) is 0 Å². The molecule has 1 unspecified atom stereocenters. The molecule has 0 saturated heterocycles. The Labute approximate surface area is 130 Å². The van der Waals surface area contributed by atoms with E-state index in [1.807, 2.05) is 30.3 Å². The van der Waals surface area contributed by atoms with Gasteiger partial charge in [0, 0.05) is 18.0 Å². The summed E-state index contributed by atoms with van der Waals surface area (Å²) in [5.74, 6) is 0.696. The number of rotatable bonds is 5. The van der Waals surface area contributed by atoms with Crippen molar-refractivity contribution >= 4 is 6.03 Å². The minimum Gasteiger partial charge on any atom is -0.339 e. The Bertz CT molecular complexity index is 643. The van der Waals surface area contributed by atoms with Crippen molar-refractivity contribution in [2.75, 3.05) is 6.54 Å². The van der Waals surface area contributed by atoms with Crippen LogP contribution in [0.2, 0.25) is 0 Å². The monoisotopic (exact) mass is 328 g/mol. The van der Waals surface area contributed by atoms with Crippen molar-refractivity contribution in [2.24, 2.45) is 0 Å². The molecule has 9 heteroatoms. The third kappa shape index (κ3) is 5.61. The van der Waals surface area contributed by atoms with Gasteiger partial charge in [-0.15, -0.1) is 0 Å². The zero-order chi connectivity index (χ0) is 16.9. The van der Waals surface area contributed by atoms with Crippen molar-refractivity contribution in [1.29, 1.82) is 0 Å². The zero-order valence-corrected chi connectivity index (χ0v) is 12.2. The molecule has 0 saturated carbocycles. The Hall–Kier alpha value is -2.58. The van der Waals surface area contributed by atoms with E-state index >= 15 is 0 Å². The number of aromatic nitrogens is 2. The Morgan fingerprint density at radius 3 is 2.65 bits per heavy atom. The molecule has 1 aromatic carbocycles. The second-order valence-corrected chi connectivity index (χ2v) is 4.93. The smallest absolute Gasteiger partial charge is 0.339 e. The number of nitrogens with zero attached hydrogens (tertiary/aromatic N) is 2. The molecule has 2 N–H and O–H groups in total. The predicted octanol–water partition coefficient (Wildman–Crippen LogP) is 2.53. The number of hydrogen-bond acceptors (Lipinski definition) is 4. The predicted molar refractivity (Wildman–Crippen MR) is 75.5 cm³/mol. The Morgan fingerprint density at radius 1 is 1.30 bits per heavy atom. The molecule has 0 aliphatic rings. The fourth-order valence-electron chi connectivity index (χ4n) is 1.81. The lowest BCUT2D eigenvalue weighted by atomic mass is 10.2. The number of carbonyl (C=O) groups is 1. The summed E-state index contributed by atoms with van der Waals surface area (Å²) in [6.45, 7) is 0.240. The molecule has 6 nitrogen and oxygen atoms in total. The van der Waals surface area contributed by atoms with Gasteiger partial charge in [-0.2, -0.15) is 18.2 Å². The van der Waals surface area contributed by atoms with Crippen molar-refractivity contribution in [2.45, 2.75) is 25.6 Å². The molecule has 0 spiro atoms. The van der Waals surface area contributed by atoms with Gasteiger partial charge in [0.2, 0.25) is 11.7 Å². The van der Waals surface area contributed by atoms with Gasteiger partial charge in [0.1, 0.15) is 6.54 Å². The molecule has 0 aliphatic carbocycles. The molecule has 2 amide bonds. The largest absolute Gasteiger partial charge is 0.405 e. The van der Waals surface area contributed by atoms with Crippen molar-refractivity contribution < 1.29 is 22.5 Å². The van der Waals surface area contributed by atoms with Crippen LogP contribution in [-0.4, -0.2) is 34.9 Å². The van der Waals surface area contributed by atoms with Crippen LogP contribution in [0.1, 0.15) is 12.8 Å². The summed E-state index contributed by atoms with van der Waals surface area (Å²) in [6.07, 6.45) is -4.24. The number of amides is 2. The van der Waals surface area contributed by atoms with Gasteiger partial charge in [-0.3, -0.25) is 0 Å². The zero-order valence-electron chi connectivity index (χ0n) is 12.2. The summed E-state index contributed by atoms with van der Waals surface area (Å²) < 4.78 is 41.0. The number of alkyl halides is 3. The molecule has 124 valence electrons. The molecule has 1 atom stereocenters. The normalized spacial score (nSPS) is 12.7. The summed E-state index contributed by atoms with van der Waals surface area (Å²) in [7, 11) is 0. The minimum atomic E-state index is -4.45. The maximum Gasteiger partial charge on any atom is 0.405 e. The SMILES string of the molecule is CC(Cc1nc(-c2ccccc2)no1)NC(=O)NCC(F)(F)F. The van der Waals surface area contributed by atoms with E-state index in [1.54, 1.807) is 12.2 Å². The maximum atomic E-state index is 12.0. The Balaban J connectivity index is 1.85. The van der Waals surface area contributed by atoms with E-state index in [4.69, 9.17) is 4.52 Å². The first kappa shape index (κ1) is 16.8. The maximum absolute atomic E-state index is 12.0. The first-order valence-electron chi connectivity index (χ1n) is 6.82. The molecule has 2 aromatic rings. The van der Waals surface area contributed by atoms with Gasteiger partial charge in [0.05, 0.1) is 0 Å². The van der Waals surface area contributed by atoms with E-state index in [2.05, 4.69) is 15.5 Å². The van der Waals surface area contributed by atoms with Crippen molar-refractivity contribution in [1.82, 2.24) is 20.8 Å². The van der Waals surface area contributed by atoms with Crippen molar-refractivity contribution in [3.05, 3.63) is 36.2 Å². The van der Waals surface area contributed by atoms with Gasteiger partial charge in [0.15, 0.2) is 0 Å². The van der Waals surface area contributed by atoms with Crippen LogP contribution in [-0.2, 0) is 6.42 Å². The number of hydrogen-bond donors (Lipinski definition) is 2. The summed E-state index contributed by atoms with van der Waals surface area (Å²) in [5, 5.41) is 7.92. The van der Waals surface area contributed by atoms with Crippen LogP contribution in [0, 0.1) is 0 Å². The fraction of sp³-hybridized carbons (Fsp3) is 0.357. The second kappa shape index (κ2) is 7.12. The van der Waals surface area contributed by atoms with Crippen molar-refractivity contribution in [3.8, 4) is 11.4 Å². The highest BCUT2D eigenvalue weighted by Crippen LogP contribution is 2.15. The van der Waals surface area contributed by atoms with Gasteiger partial charge in [0.25, 0.3) is 0 Å². The highest BCUT2D eigenvalue weighted by molar-refractivity contribution is 5.74. The molecule has 1 heterocycles. The standard InChI is InChI=1S/C14H15F3N4O2/c1-9(19-13(22)18-8-14(15,16)17)7-11-20-12(21-23-11)10-5-3-2-4-6-10/h2-6,9H,7-8H2,1H3,(H2,18,19,22). The molecule has 1 aromatic heterocycles. The molecule has 2 rings (SSSR count). The van der Waals surface area contributed by atoms with Gasteiger partial charge in [-0.05, 0) is 6.92 Å². The van der Waals surface area contributed by atoms with E-state index in [9.17, 15) is 18.0 Å². The number of benzene rings is 1. The van der Waals surface area contributed by atoms with Crippen LogP contribution in [0.15, 0.2) is 34.9 Å². The van der Waals surface area contributed by atoms with Gasteiger partial charge in [-0.25, -0.2) is 4.79 Å². The Morgan fingerprint density at radius 2 is 2.00 bits per heavy atom. The van der Waals surface area contributed by atoms with Crippen LogP contribution >= 0.6 is 0 Å². The van der Waals surface area contributed by atoms with Crippen LogP contribution in [0.25, 0.3) is 11.4 Å². The van der Waals surface area contributed by atoms with Gasteiger partial charge < -0.3 is 15.2 Å². The number of nitrogens with one attached hydrogen (secondary N) is 2. The lowest BCUT2D eigenvalue weighted by molar-refractivity contribution is -0.122. The molecule has 0 aliphatic heterocycles. The average molecular weight is 328 g/mol. The van der Waals surface area contributed by atoms with E-state index < -0.39 is 24.8 Å². The third-order valence-corrected chi connectivity index (χ3v) is 2.81. The van der Waals surface area contributed by atoms with E-state index in [0.29, 0.717) is 5.82 Å². The third-order valence-electron chi connectivity index (χ3n) is 2.81. The molecule has 0 radical (unpaired) electrons. The lowest BCUT2D eigenvalue weighted by Gasteiger charge is -2.13. The topological polar surface area (TPSA) is 80.1 Å². The lowest BCUT2D eigenvalue weighted by Crippen LogP contribution is -2.44. The second-order valence-electron chi connectivity index (χ2n) is 4.93. The number of urea groups is 1. The highest BCUT2D eigenvalue weighted by atomic mass is 19.4. The summed E-state index contributed by atoms with van der Waals surface area (Å²) >= 11 is 0. The minimum absolute atomic E-state index is 0.208. The summed E-state index contributed by atoms with van der Waals surface area (Å²) in [6, 6.07) is 7.80. The number of halogens is 3. The average Bonchev–Trinajstić information content (AvgIpc) is 2.93. The molecule has 0 fully saturated rings. The molecule has 0 bridgehead atoms. The van der Waals surface area contributed by atoms with E-state index in [0.717, 1.165) is 5.56 Å².